The first-order valence-corrected chi connectivity index (χ1v) is 9.09. The molecule has 0 heterocycles. The lowest BCUT2D eigenvalue weighted by Gasteiger charge is -2.06. The summed E-state index contributed by atoms with van der Waals surface area (Å²) in [4.78, 5) is 0.253. The Bertz CT molecular complexity index is 877. The van der Waals surface area contributed by atoms with Gasteiger partial charge in [-0.3, -0.25) is 0 Å². The highest BCUT2D eigenvalue weighted by molar-refractivity contribution is 7.89. The summed E-state index contributed by atoms with van der Waals surface area (Å²) in [5.41, 5.74) is 3.03. The van der Waals surface area contributed by atoms with Crippen molar-refractivity contribution in [2.24, 2.45) is 0 Å². The summed E-state index contributed by atoms with van der Waals surface area (Å²) in [6.07, 6.45) is 0. The van der Waals surface area contributed by atoms with E-state index >= 15 is 0 Å². The number of nitrogens with one attached hydrogen (secondary N) is 1. The van der Waals surface area contributed by atoms with Crippen molar-refractivity contribution in [3.05, 3.63) is 59.2 Å². The standard InChI is InChI=1S/C19H21NO3S/c1-15-10-11-18(14-17(15)3)24(21,22)20-12-6-7-13-23-19-9-5-4-8-16(19)2/h4-5,8-11,14,20H,12-13H2,1-3H3. The van der Waals surface area contributed by atoms with Crippen LogP contribution in [-0.4, -0.2) is 21.6 Å². The summed E-state index contributed by atoms with van der Waals surface area (Å²) >= 11 is 0. The van der Waals surface area contributed by atoms with Crippen LogP contribution in [0.2, 0.25) is 0 Å². The maximum atomic E-state index is 12.2. The Morgan fingerprint density at radius 2 is 1.71 bits per heavy atom. The molecule has 2 aromatic rings. The average molecular weight is 343 g/mol. The van der Waals surface area contributed by atoms with Gasteiger partial charge in [-0.15, -0.1) is 0 Å². The van der Waals surface area contributed by atoms with Gasteiger partial charge in [0, 0.05) is 0 Å². The summed E-state index contributed by atoms with van der Waals surface area (Å²) < 4.78 is 32.4. The molecule has 0 aliphatic heterocycles. The minimum Gasteiger partial charge on any atom is -0.481 e. The highest BCUT2D eigenvalue weighted by Crippen LogP contribution is 2.16. The van der Waals surface area contributed by atoms with Crippen LogP contribution in [0.3, 0.4) is 0 Å². The van der Waals surface area contributed by atoms with Gasteiger partial charge < -0.3 is 4.74 Å². The molecule has 0 spiro atoms. The SMILES string of the molecule is Cc1ccc(S(=O)(=O)NCC#CCOc2ccccc2C)cc1C. The normalized spacial score (nSPS) is 10.8. The molecule has 4 nitrogen and oxygen atoms in total. The predicted octanol–water partition coefficient (Wildman–Crippen LogP) is 2.97. The van der Waals surface area contributed by atoms with Crippen LogP contribution in [0, 0.1) is 32.6 Å². The fraction of sp³-hybridized carbons (Fsp3) is 0.263. The van der Waals surface area contributed by atoms with Gasteiger partial charge in [0.1, 0.15) is 12.4 Å². The lowest BCUT2D eigenvalue weighted by molar-refractivity contribution is 0.367. The topological polar surface area (TPSA) is 55.4 Å². The van der Waals surface area contributed by atoms with Gasteiger partial charge in [0.15, 0.2) is 0 Å². The third kappa shape index (κ3) is 4.85. The van der Waals surface area contributed by atoms with Crippen LogP contribution in [0.4, 0.5) is 0 Å². The third-order valence-corrected chi connectivity index (χ3v) is 5.06. The Morgan fingerprint density at radius 1 is 0.958 bits per heavy atom. The second-order valence-corrected chi connectivity index (χ2v) is 7.25. The molecule has 0 radical (unpaired) electrons. The molecule has 126 valence electrons. The van der Waals surface area contributed by atoms with Gasteiger partial charge in [-0.05, 0) is 55.7 Å². The van der Waals surface area contributed by atoms with Crippen molar-refractivity contribution >= 4 is 10.0 Å². The molecule has 0 fully saturated rings. The fourth-order valence-electron chi connectivity index (χ4n) is 2.04. The molecule has 2 aromatic carbocycles. The van der Waals surface area contributed by atoms with Gasteiger partial charge in [0.2, 0.25) is 10.0 Å². The lowest BCUT2D eigenvalue weighted by Crippen LogP contribution is -2.24. The first-order valence-electron chi connectivity index (χ1n) is 7.61. The molecule has 0 amide bonds. The van der Waals surface area contributed by atoms with Gasteiger partial charge in [0.05, 0.1) is 11.4 Å². The third-order valence-electron chi connectivity index (χ3n) is 3.66. The Hall–Kier alpha value is -2.29. The summed E-state index contributed by atoms with van der Waals surface area (Å²) in [6.45, 7) is 6.05. The molecular formula is C19H21NO3S. The van der Waals surface area contributed by atoms with Crippen molar-refractivity contribution in [1.82, 2.24) is 4.72 Å². The second kappa shape index (κ2) is 8.00. The van der Waals surface area contributed by atoms with Crippen LogP contribution in [0.1, 0.15) is 16.7 Å². The zero-order valence-corrected chi connectivity index (χ0v) is 14.9. The van der Waals surface area contributed by atoms with Crippen LogP contribution < -0.4 is 9.46 Å². The average Bonchev–Trinajstić information content (AvgIpc) is 2.54. The van der Waals surface area contributed by atoms with Crippen molar-refractivity contribution in [1.29, 1.82) is 0 Å². The highest BCUT2D eigenvalue weighted by Gasteiger charge is 2.13. The number of hydrogen-bond acceptors (Lipinski definition) is 3. The van der Waals surface area contributed by atoms with Crippen LogP contribution in [-0.2, 0) is 10.0 Å². The number of aryl methyl sites for hydroxylation is 3. The molecule has 5 heteroatoms. The molecule has 0 aliphatic rings. The van der Waals surface area contributed by atoms with Gasteiger partial charge in [0.25, 0.3) is 0 Å². The Balaban J connectivity index is 1.87. The van der Waals surface area contributed by atoms with E-state index in [0.717, 1.165) is 22.4 Å². The van der Waals surface area contributed by atoms with E-state index in [0.29, 0.717) is 0 Å². The van der Waals surface area contributed by atoms with Crippen LogP contribution in [0.25, 0.3) is 0 Å². The highest BCUT2D eigenvalue weighted by atomic mass is 32.2. The van der Waals surface area contributed by atoms with Crippen molar-refractivity contribution < 1.29 is 13.2 Å². The largest absolute Gasteiger partial charge is 0.481 e. The summed E-state index contributed by atoms with van der Waals surface area (Å²) in [5, 5.41) is 0. The molecule has 24 heavy (non-hydrogen) atoms. The summed E-state index contributed by atoms with van der Waals surface area (Å²) in [5.74, 6) is 6.35. The zero-order chi connectivity index (χ0) is 17.6. The molecule has 0 aliphatic carbocycles. The molecular weight excluding hydrogens is 322 g/mol. The Labute approximate surface area is 143 Å². The molecule has 0 saturated carbocycles. The monoisotopic (exact) mass is 343 g/mol. The molecule has 0 aromatic heterocycles. The molecule has 0 saturated heterocycles. The van der Waals surface area contributed by atoms with E-state index in [1.54, 1.807) is 18.2 Å². The van der Waals surface area contributed by atoms with E-state index in [9.17, 15) is 8.42 Å². The fourth-order valence-corrected chi connectivity index (χ4v) is 3.05. The summed E-state index contributed by atoms with van der Waals surface area (Å²) in [6, 6.07) is 12.7. The smallest absolute Gasteiger partial charge is 0.241 e. The first-order chi connectivity index (χ1) is 11.4. The van der Waals surface area contributed by atoms with Crippen LogP contribution in [0.15, 0.2) is 47.4 Å². The van der Waals surface area contributed by atoms with Gasteiger partial charge in [-0.25, -0.2) is 8.42 Å². The van der Waals surface area contributed by atoms with E-state index in [-0.39, 0.29) is 18.0 Å². The van der Waals surface area contributed by atoms with Crippen molar-refractivity contribution in [2.45, 2.75) is 25.7 Å². The first kappa shape index (κ1) is 18.1. The van der Waals surface area contributed by atoms with E-state index in [2.05, 4.69) is 16.6 Å². The Kier molecular flexibility index (Phi) is 6.02. The maximum absolute atomic E-state index is 12.2. The van der Waals surface area contributed by atoms with Gasteiger partial charge >= 0.3 is 0 Å². The Morgan fingerprint density at radius 3 is 2.42 bits per heavy atom. The molecule has 0 atom stereocenters. The number of ether oxygens (including phenoxy) is 1. The molecule has 0 unspecified atom stereocenters. The maximum Gasteiger partial charge on any atom is 0.241 e. The van der Waals surface area contributed by atoms with Gasteiger partial charge in [-0.2, -0.15) is 4.72 Å². The van der Waals surface area contributed by atoms with E-state index in [4.69, 9.17) is 4.74 Å². The van der Waals surface area contributed by atoms with Crippen molar-refractivity contribution in [3.63, 3.8) is 0 Å². The lowest BCUT2D eigenvalue weighted by atomic mass is 10.1. The van der Waals surface area contributed by atoms with Gasteiger partial charge in [-0.1, -0.05) is 36.1 Å². The van der Waals surface area contributed by atoms with Crippen molar-refractivity contribution in [3.8, 4) is 17.6 Å². The number of rotatable bonds is 5. The minimum atomic E-state index is -3.54. The zero-order valence-electron chi connectivity index (χ0n) is 14.1. The minimum absolute atomic E-state index is 0.0480. The van der Waals surface area contributed by atoms with Crippen LogP contribution >= 0.6 is 0 Å². The number of benzene rings is 2. The predicted molar refractivity (Wildman–Crippen MR) is 95.6 cm³/mol. The number of para-hydroxylation sites is 1. The number of sulfonamides is 1. The second-order valence-electron chi connectivity index (χ2n) is 5.48. The van der Waals surface area contributed by atoms with Crippen molar-refractivity contribution in [2.75, 3.05) is 13.2 Å². The van der Waals surface area contributed by atoms with E-state index in [1.165, 1.54) is 0 Å². The molecule has 1 N–H and O–H groups in total. The number of hydrogen-bond donors (Lipinski definition) is 1. The summed E-state index contributed by atoms with van der Waals surface area (Å²) in [7, 11) is -3.54. The van der Waals surface area contributed by atoms with Crippen LogP contribution in [0.5, 0.6) is 5.75 Å². The molecule has 2 rings (SSSR count). The van der Waals surface area contributed by atoms with E-state index < -0.39 is 10.0 Å². The molecule has 0 bridgehead atoms. The quantitative estimate of drug-likeness (QED) is 0.849. The van der Waals surface area contributed by atoms with E-state index in [1.807, 2.05) is 45.0 Å².